The fraction of sp³-hybridized carbons (Fsp3) is 0.643. The van der Waals surface area contributed by atoms with Gasteiger partial charge in [0.05, 0.1) is 12.9 Å². The van der Waals surface area contributed by atoms with E-state index >= 15 is 0 Å². The monoisotopic (exact) mass is 251 g/mol. The van der Waals surface area contributed by atoms with E-state index in [1.165, 1.54) is 6.42 Å². The molecule has 18 heavy (non-hydrogen) atoms. The average molecular weight is 251 g/mol. The van der Waals surface area contributed by atoms with Crippen LogP contribution in [0.15, 0.2) is 22.8 Å². The molecule has 1 fully saturated rings. The highest BCUT2D eigenvalue weighted by molar-refractivity contribution is 5.79. The standard InChI is InChI=1S/C14H21NO3/c1-10-4-2-5-11(8-10)14(17)15-12(9-16)13-6-3-7-18-13/h3,6-7,10-12,16H,2,4-5,8-9H2,1H3,(H,15,17). The number of aliphatic hydroxyl groups is 1. The molecule has 1 aliphatic rings. The van der Waals surface area contributed by atoms with E-state index < -0.39 is 6.04 Å². The summed E-state index contributed by atoms with van der Waals surface area (Å²) in [6.45, 7) is 2.05. The summed E-state index contributed by atoms with van der Waals surface area (Å²) in [4.78, 5) is 12.1. The molecule has 1 aliphatic carbocycles. The van der Waals surface area contributed by atoms with Gasteiger partial charge in [-0.05, 0) is 30.9 Å². The molecule has 1 heterocycles. The van der Waals surface area contributed by atoms with Gasteiger partial charge in [0.15, 0.2) is 0 Å². The van der Waals surface area contributed by atoms with Gasteiger partial charge in [0.25, 0.3) is 0 Å². The zero-order valence-corrected chi connectivity index (χ0v) is 10.8. The Hall–Kier alpha value is -1.29. The Kier molecular flexibility index (Phi) is 4.42. The van der Waals surface area contributed by atoms with E-state index in [4.69, 9.17) is 4.42 Å². The zero-order chi connectivity index (χ0) is 13.0. The second-order valence-corrected chi connectivity index (χ2v) is 5.23. The van der Waals surface area contributed by atoms with Crippen molar-refractivity contribution in [2.24, 2.45) is 11.8 Å². The topological polar surface area (TPSA) is 62.5 Å². The number of furan rings is 1. The highest BCUT2D eigenvalue weighted by Gasteiger charge is 2.27. The number of aliphatic hydroxyl groups excluding tert-OH is 1. The van der Waals surface area contributed by atoms with Crippen LogP contribution in [-0.2, 0) is 4.79 Å². The Morgan fingerprint density at radius 3 is 3.06 bits per heavy atom. The van der Waals surface area contributed by atoms with Gasteiger partial charge in [0.1, 0.15) is 11.8 Å². The highest BCUT2D eigenvalue weighted by atomic mass is 16.3. The van der Waals surface area contributed by atoms with Crippen molar-refractivity contribution in [3.8, 4) is 0 Å². The summed E-state index contributed by atoms with van der Waals surface area (Å²) in [5.74, 6) is 1.34. The van der Waals surface area contributed by atoms with E-state index in [-0.39, 0.29) is 18.4 Å². The fourth-order valence-electron chi connectivity index (χ4n) is 2.66. The van der Waals surface area contributed by atoms with Gasteiger partial charge in [-0.1, -0.05) is 19.8 Å². The summed E-state index contributed by atoms with van der Waals surface area (Å²) >= 11 is 0. The molecule has 0 bridgehead atoms. The molecule has 1 amide bonds. The number of nitrogens with one attached hydrogen (secondary N) is 1. The van der Waals surface area contributed by atoms with Crippen LogP contribution in [0.25, 0.3) is 0 Å². The lowest BCUT2D eigenvalue weighted by Crippen LogP contribution is -2.37. The molecule has 4 heteroatoms. The van der Waals surface area contributed by atoms with Crippen LogP contribution in [-0.4, -0.2) is 17.6 Å². The Morgan fingerprint density at radius 1 is 1.61 bits per heavy atom. The van der Waals surface area contributed by atoms with E-state index in [0.717, 1.165) is 19.3 Å². The third-order valence-corrected chi connectivity index (χ3v) is 3.69. The Balaban J connectivity index is 1.93. The Labute approximate surface area is 107 Å². The normalized spacial score (nSPS) is 25.7. The smallest absolute Gasteiger partial charge is 0.223 e. The number of amides is 1. The first-order chi connectivity index (χ1) is 8.70. The first kappa shape index (κ1) is 13.1. The molecule has 3 atom stereocenters. The van der Waals surface area contributed by atoms with Crippen molar-refractivity contribution >= 4 is 5.91 Å². The van der Waals surface area contributed by atoms with Crippen molar-refractivity contribution in [3.63, 3.8) is 0 Å². The van der Waals surface area contributed by atoms with Crippen LogP contribution in [0.2, 0.25) is 0 Å². The van der Waals surface area contributed by atoms with Crippen LogP contribution in [0.4, 0.5) is 0 Å². The van der Waals surface area contributed by atoms with Gasteiger partial charge >= 0.3 is 0 Å². The van der Waals surface area contributed by atoms with E-state index in [2.05, 4.69) is 12.2 Å². The molecule has 1 aromatic rings. The van der Waals surface area contributed by atoms with Gasteiger partial charge in [-0.25, -0.2) is 0 Å². The first-order valence-electron chi connectivity index (χ1n) is 6.65. The summed E-state index contributed by atoms with van der Waals surface area (Å²) in [5, 5.41) is 12.2. The summed E-state index contributed by atoms with van der Waals surface area (Å²) in [6.07, 6.45) is 5.77. The van der Waals surface area contributed by atoms with E-state index in [0.29, 0.717) is 11.7 Å². The molecule has 3 unspecified atom stereocenters. The predicted molar refractivity (Wildman–Crippen MR) is 67.8 cm³/mol. The second-order valence-electron chi connectivity index (χ2n) is 5.23. The maximum absolute atomic E-state index is 12.1. The summed E-state index contributed by atoms with van der Waals surface area (Å²) < 4.78 is 5.22. The molecule has 0 aromatic carbocycles. The first-order valence-corrected chi connectivity index (χ1v) is 6.65. The lowest BCUT2D eigenvalue weighted by molar-refractivity contribution is -0.127. The summed E-state index contributed by atoms with van der Waals surface area (Å²) in [7, 11) is 0. The van der Waals surface area contributed by atoms with Gasteiger partial charge in [-0.15, -0.1) is 0 Å². The van der Waals surface area contributed by atoms with Crippen molar-refractivity contribution in [3.05, 3.63) is 24.2 Å². The molecule has 100 valence electrons. The van der Waals surface area contributed by atoms with Gasteiger partial charge in [-0.3, -0.25) is 4.79 Å². The molecule has 0 spiro atoms. The summed E-state index contributed by atoms with van der Waals surface area (Å²) in [5.41, 5.74) is 0. The van der Waals surface area contributed by atoms with Gasteiger partial charge in [0.2, 0.25) is 5.91 Å². The molecule has 2 N–H and O–H groups in total. The molecule has 1 saturated carbocycles. The maximum atomic E-state index is 12.1. The largest absolute Gasteiger partial charge is 0.467 e. The van der Waals surface area contributed by atoms with Crippen molar-refractivity contribution < 1.29 is 14.3 Å². The molecule has 1 aromatic heterocycles. The van der Waals surface area contributed by atoms with Crippen LogP contribution in [0.3, 0.4) is 0 Å². The Morgan fingerprint density at radius 2 is 2.44 bits per heavy atom. The minimum Gasteiger partial charge on any atom is -0.467 e. The van der Waals surface area contributed by atoms with Crippen LogP contribution in [0.1, 0.15) is 44.4 Å². The molecule has 4 nitrogen and oxygen atoms in total. The zero-order valence-electron chi connectivity index (χ0n) is 10.8. The fourth-order valence-corrected chi connectivity index (χ4v) is 2.66. The Bertz CT molecular complexity index is 374. The van der Waals surface area contributed by atoms with Crippen molar-refractivity contribution in [2.75, 3.05) is 6.61 Å². The molecular formula is C14H21NO3. The number of carbonyl (C=O) groups excluding carboxylic acids is 1. The van der Waals surface area contributed by atoms with Crippen LogP contribution >= 0.6 is 0 Å². The lowest BCUT2D eigenvalue weighted by atomic mass is 9.82. The molecule has 0 radical (unpaired) electrons. The maximum Gasteiger partial charge on any atom is 0.223 e. The molecule has 0 saturated heterocycles. The highest BCUT2D eigenvalue weighted by Crippen LogP contribution is 2.29. The van der Waals surface area contributed by atoms with Crippen LogP contribution < -0.4 is 5.32 Å². The van der Waals surface area contributed by atoms with Gasteiger partial charge < -0.3 is 14.8 Å². The molecule has 0 aliphatic heterocycles. The number of carbonyl (C=O) groups is 1. The SMILES string of the molecule is CC1CCCC(C(=O)NC(CO)c2ccco2)C1. The third-order valence-electron chi connectivity index (χ3n) is 3.69. The second kappa shape index (κ2) is 6.05. The predicted octanol–water partition coefficient (Wildman–Crippen LogP) is 2.26. The van der Waals surface area contributed by atoms with Gasteiger partial charge in [0, 0.05) is 5.92 Å². The minimum absolute atomic E-state index is 0.0389. The van der Waals surface area contributed by atoms with E-state index in [1.807, 2.05) is 0 Å². The van der Waals surface area contributed by atoms with Crippen LogP contribution in [0, 0.1) is 11.8 Å². The van der Waals surface area contributed by atoms with Crippen LogP contribution in [0.5, 0.6) is 0 Å². The molecule has 2 rings (SSSR count). The van der Waals surface area contributed by atoms with Crippen molar-refractivity contribution in [1.82, 2.24) is 5.32 Å². The van der Waals surface area contributed by atoms with Crippen molar-refractivity contribution in [2.45, 2.75) is 38.6 Å². The number of hydrogen-bond donors (Lipinski definition) is 2. The number of hydrogen-bond acceptors (Lipinski definition) is 3. The lowest BCUT2D eigenvalue weighted by Gasteiger charge is -2.27. The quantitative estimate of drug-likeness (QED) is 0.862. The molecular weight excluding hydrogens is 230 g/mol. The van der Waals surface area contributed by atoms with Gasteiger partial charge in [-0.2, -0.15) is 0 Å². The number of rotatable bonds is 4. The van der Waals surface area contributed by atoms with Crippen molar-refractivity contribution in [1.29, 1.82) is 0 Å². The third kappa shape index (κ3) is 3.13. The average Bonchev–Trinajstić information content (AvgIpc) is 2.89. The summed E-state index contributed by atoms with van der Waals surface area (Å²) in [6, 6.07) is 3.10. The van der Waals surface area contributed by atoms with E-state index in [9.17, 15) is 9.90 Å². The minimum atomic E-state index is -0.426. The van der Waals surface area contributed by atoms with E-state index in [1.54, 1.807) is 18.4 Å².